The third kappa shape index (κ3) is 2.78. The quantitative estimate of drug-likeness (QED) is 0.543. The molecule has 0 unspecified atom stereocenters. The summed E-state index contributed by atoms with van der Waals surface area (Å²) in [5.41, 5.74) is 3.59. The Kier molecular flexibility index (Phi) is 3.80. The van der Waals surface area contributed by atoms with Gasteiger partial charge >= 0.3 is 0 Å². The van der Waals surface area contributed by atoms with Gasteiger partial charge in [-0.15, -0.1) is 0 Å². The molecule has 2 aromatic carbocycles. The summed E-state index contributed by atoms with van der Waals surface area (Å²) in [5, 5.41) is 15.2. The minimum Gasteiger partial charge on any atom is -0.496 e. The van der Waals surface area contributed by atoms with E-state index in [1.165, 1.54) is 12.1 Å². The van der Waals surface area contributed by atoms with Crippen LogP contribution in [-0.4, -0.2) is 21.8 Å². The second-order valence-electron chi connectivity index (χ2n) is 5.05. The van der Waals surface area contributed by atoms with Gasteiger partial charge in [-0.3, -0.25) is 10.1 Å². The number of hydrogen-bond donors (Lipinski definition) is 0. The molecule has 116 valence electrons. The predicted molar refractivity (Wildman–Crippen MR) is 86.9 cm³/mol. The molecule has 1 aromatic heterocycles. The Morgan fingerprint density at radius 2 is 1.78 bits per heavy atom. The standard InChI is InChI=1S/C17H15N3O3/c1-12-16(15-5-3-4-6-17(15)23-2)11-19(18-12)13-7-9-14(10-8-13)20(21)22/h3-11H,1-2H3. The fraction of sp³-hybridized carbons (Fsp3) is 0.118. The Labute approximate surface area is 133 Å². The molecule has 23 heavy (non-hydrogen) atoms. The van der Waals surface area contributed by atoms with Crippen molar-refractivity contribution in [1.82, 2.24) is 9.78 Å². The first kappa shape index (κ1) is 14.8. The molecular formula is C17H15N3O3. The zero-order chi connectivity index (χ0) is 16.4. The Hall–Kier alpha value is -3.15. The number of hydrogen-bond acceptors (Lipinski definition) is 4. The summed E-state index contributed by atoms with van der Waals surface area (Å²) in [6, 6.07) is 14.0. The van der Waals surface area contributed by atoms with Crippen molar-refractivity contribution in [3.05, 3.63) is 70.5 Å². The lowest BCUT2D eigenvalue weighted by Crippen LogP contribution is -1.95. The fourth-order valence-corrected chi connectivity index (χ4v) is 2.45. The van der Waals surface area contributed by atoms with Crippen molar-refractivity contribution in [2.75, 3.05) is 7.11 Å². The van der Waals surface area contributed by atoms with Crippen molar-refractivity contribution >= 4 is 5.69 Å². The summed E-state index contributed by atoms with van der Waals surface area (Å²) in [6.07, 6.45) is 1.90. The van der Waals surface area contributed by atoms with Gasteiger partial charge in [0, 0.05) is 29.5 Å². The molecule has 3 rings (SSSR count). The second-order valence-corrected chi connectivity index (χ2v) is 5.05. The van der Waals surface area contributed by atoms with E-state index in [0.29, 0.717) is 0 Å². The molecule has 0 aliphatic heterocycles. The maximum Gasteiger partial charge on any atom is 0.269 e. The van der Waals surface area contributed by atoms with Crippen LogP contribution in [0.25, 0.3) is 16.8 Å². The van der Waals surface area contributed by atoms with Gasteiger partial charge in [0.25, 0.3) is 5.69 Å². The lowest BCUT2D eigenvalue weighted by molar-refractivity contribution is -0.384. The molecule has 0 fully saturated rings. The maximum absolute atomic E-state index is 10.7. The summed E-state index contributed by atoms with van der Waals surface area (Å²) in [4.78, 5) is 10.3. The number of para-hydroxylation sites is 1. The summed E-state index contributed by atoms with van der Waals surface area (Å²) in [6.45, 7) is 1.92. The van der Waals surface area contributed by atoms with Crippen LogP contribution in [0.1, 0.15) is 5.69 Å². The van der Waals surface area contributed by atoms with Gasteiger partial charge in [-0.05, 0) is 25.1 Å². The Morgan fingerprint density at radius 1 is 1.09 bits per heavy atom. The van der Waals surface area contributed by atoms with E-state index < -0.39 is 4.92 Å². The number of nitro groups is 1. The van der Waals surface area contributed by atoms with E-state index in [4.69, 9.17) is 4.74 Å². The molecule has 0 N–H and O–H groups in total. The molecule has 0 radical (unpaired) electrons. The molecular weight excluding hydrogens is 294 g/mol. The van der Waals surface area contributed by atoms with E-state index in [9.17, 15) is 10.1 Å². The molecule has 0 aliphatic rings. The monoisotopic (exact) mass is 309 g/mol. The minimum absolute atomic E-state index is 0.0579. The maximum atomic E-state index is 10.7. The van der Waals surface area contributed by atoms with E-state index in [2.05, 4.69) is 5.10 Å². The van der Waals surface area contributed by atoms with Gasteiger partial charge in [0.1, 0.15) is 5.75 Å². The first-order chi connectivity index (χ1) is 11.1. The molecule has 1 heterocycles. The highest BCUT2D eigenvalue weighted by molar-refractivity contribution is 5.72. The van der Waals surface area contributed by atoms with E-state index in [0.717, 1.165) is 28.3 Å². The predicted octanol–water partition coefficient (Wildman–Crippen LogP) is 3.76. The Bertz CT molecular complexity index is 854. The molecule has 0 saturated carbocycles. The van der Waals surface area contributed by atoms with Crippen LogP contribution in [-0.2, 0) is 0 Å². The lowest BCUT2D eigenvalue weighted by atomic mass is 10.1. The van der Waals surface area contributed by atoms with Gasteiger partial charge < -0.3 is 4.74 Å². The van der Waals surface area contributed by atoms with Crippen LogP contribution in [0.15, 0.2) is 54.7 Å². The average molecular weight is 309 g/mol. The van der Waals surface area contributed by atoms with Crippen LogP contribution in [0.5, 0.6) is 5.75 Å². The number of non-ortho nitro benzene ring substituents is 1. The number of rotatable bonds is 4. The average Bonchev–Trinajstić information content (AvgIpc) is 2.96. The summed E-state index contributed by atoms with van der Waals surface area (Å²) >= 11 is 0. The molecule has 6 nitrogen and oxygen atoms in total. The normalized spacial score (nSPS) is 10.5. The van der Waals surface area contributed by atoms with Crippen molar-refractivity contribution in [2.24, 2.45) is 0 Å². The van der Waals surface area contributed by atoms with Crippen LogP contribution in [0, 0.1) is 17.0 Å². The molecule has 0 saturated heterocycles. The van der Waals surface area contributed by atoms with E-state index in [1.807, 2.05) is 37.4 Å². The second kappa shape index (κ2) is 5.92. The number of methoxy groups -OCH3 is 1. The summed E-state index contributed by atoms with van der Waals surface area (Å²) in [5.74, 6) is 0.777. The van der Waals surface area contributed by atoms with Crippen LogP contribution in [0.2, 0.25) is 0 Å². The third-order valence-electron chi connectivity index (χ3n) is 3.62. The van der Waals surface area contributed by atoms with Gasteiger partial charge in [0.05, 0.1) is 23.4 Å². The molecule has 0 amide bonds. The molecule has 6 heteroatoms. The van der Waals surface area contributed by atoms with Gasteiger partial charge in [0.2, 0.25) is 0 Å². The number of benzene rings is 2. The van der Waals surface area contributed by atoms with Crippen molar-refractivity contribution in [3.8, 4) is 22.6 Å². The highest BCUT2D eigenvalue weighted by Crippen LogP contribution is 2.32. The zero-order valence-electron chi connectivity index (χ0n) is 12.8. The fourth-order valence-electron chi connectivity index (χ4n) is 2.45. The van der Waals surface area contributed by atoms with Gasteiger partial charge in [-0.2, -0.15) is 5.10 Å². The van der Waals surface area contributed by atoms with E-state index in [1.54, 1.807) is 23.9 Å². The number of nitrogens with zero attached hydrogens (tertiary/aromatic N) is 3. The molecule has 0 aliphatic carbocycles. The number of aromatic nitrogens is 2. The van der Waals surface area contributed by atoms with Crippen molar-refractivity contribution in [2.45, 2.75) is 6.92 Å². The van der Waals surface area contributed by atoms with Gasteiger partial charge in [-0.1, -0.05) is 18.2 Å². The van der Waals surface area contributed by atoms with Crippen molar-refractivity contribution in [1.29, 1.82) is 0 Å². The van der Waals surface area contributed by atoms with Gasteiger partial charge in [-0.25, -0.2) is 4.68 Å². The largest absolute Gasteiger partial charge is 0.496 e. The number of ether oxygens (including phenoxy) is 1. The van der Waals surface area contributed by atoms with Crippen LogP contribution in [0.4, 0.5) is 5.69 Å². The number of nitro benzene ring substituents is 1. The van der Waals surface area contributed by atoms with Crippen LogP contribution >= 0.6 is 0 Å². The minimum atomic E-state index is -0.418. The van der Waals surface area contributed by atoms with Crippen molar-refractivity contribution < 1.29 is 9.66 Å². The highest BCUT2D eigenvalue weighted by Gasteiger charge is 2.13. The summed E-state index contributed by atoms with van der Waals surface area (Å²) < 4.78 is 7.11. The van der Waals surface area contributed by atoms with Crippen molar-refractivity contribution in [3.63, 3.8) is 0 Å². The number of aryl methyl sites for hydroxylation is 1. The first-order valence-corrected chi connectivity index (χ1v) is 7.04. The Balaban J connectivity index is 2.02. The molecule has 0 spiro atoms. The third-order valence-corrected chi connectivity index (χ3v) is 3.62. The van der Waals surface area contributed by atoms with E-state index in [-0.39, 0.29) is 5.69 Å². The van der Waals surface area contributed by atoms with Crippen LogP contribution < -0.4 is 4.74 Å². The summed E-state index contributed by atoms with van der Waals surface area (Å²) in [7, 11) is 1.63. The highest BCUT2D eigenvalue weighted by atomic mass is 16.6. The lowest BCUT2D eigenvalue weighted by Gasteiger charge is -2.06. The molecule has 0 bridgehead atoms. The molecule has 3 aromatic rings. The SMILES string of the molecule is COc1ccccc1-c1cn(-c2ccc([N+](=O)[O-])cc2)nc1C. The molecule has 0 atom stereocenters. The smallest absolute Gasteiger partial charge is 0.269 e. The van der Waals surface area contributed by atoms with Crippen LogP contribution in [0.3, 0.4) is 0 Å². The topological polar surface area (TPSA) is 70.2 Å². The zero-order valence-corrected chi connectivity index (χ0v) is 12.8. The van der Waals surface area contributed by atoms with Gasteiger partial charge in [0.15, 0.2) is 0 Å². The first-order valence-electron chi connectivity index (χ1n) is 7.04. The Morgan fingerprint density at radius 3 is 2.43 bits per heavy atom. The van der Waals surface area contributed by atoms with E-state index >= 15 is 0 Å².